The number of rotatable bonds is 5. The van der Waals surface area contributed by atoms with Crippen LogP contribution < -0.4 is 10.5 Å². The highest BCUT2D eigenvalue weighted by Gasteiger charge is 2.25. The molecule has 0 aromatic heterocycles. The molecule has 1 saturated carbocycles. The Hall–Kier alpha value is -0.730. The quantitative estimate of drug-likeness (QED) is 0.872. The van der Waals surface area contributed by atoms with E-state index in [2.05, 4.69) is 6.92 Å². The van der Waals surface area contributed by atoms with Crippen LogP contribution in [0.25, 0.3) is 0 Å². The number of halogens is 1. The van der Waals surface area contributed by atoms with Gasteiger partial charge in [0.1, 0.15) is 5.75 Å². The third-order valence-electron chi connectivity index (χ3n) is 4.77. The van der Waals surface area contributed by atoms with E-state index in [0.717, 1.165) is 28.7 Å². The van der Waals surface area contributed by atoms with Gasteiger partial charge in [-0.1, -0.05) is 37.8 Å². The normalized spacial score (nSPS) is 24.4. The summed E-state index contributed by atoms with van der Waals surface area (Å²) in [5.41, 5.74) is 7.57. The summed E-state index contributed by atoms with van der Waals surface area (Å²) in [6, 6.07) is 5.98. The van der Waals surface area contributed by atoms with Crippen molar-refractivity contribution in [3.8, 4) is 5.75 Å². The zero-order chi connectivity index (χ0) is 14.5. The Balaban J connectivity index is 1.97. The molecule has 1 atom stereocenters. The number of benzene rings is 1. The third-order valence-corrected chi connectivity index (χ3v) is 5.01. The molecule has 1 aromatic carbocycles. The lowest BCUT2D eigenvalue weighted by molar-refractivity contribution is 0.237. The van der Waals surface area contributed by atoms with Crippen LogP contribution >= 0.6 is 11.6 Å². The van der Waals surface area contributed by atoms with Crippen LogP contribution in [0.4, 0.5) is 0 Å². The minimum absolute atomic E-state index is 0.208. The summed E-state index contributed by atoms with van der Waals surface area (Å²) < 4.78 is 5.41. The maximum absolute atomic E-state index is 6.44. The summed E-state index contributed by atoms with van der Waals surface area (Å²) in [5.74, 6) is 2.45. The molecule has 1 unspecified atom stereocenters. The van der Waals surface area contributed by atoms with Gasteiger partial charge >= 0.3 is 0 Å². The molecule has 1 aliphatic carbocycles. The fraction of sp³-hybridized carbons (Fsp3) is 0.647. The van der Waals surface area contributed by atoms with Crippen molar-refractivity contribution < 1.29 is 4.74 Å². The first-order valence-corrected chi connectivity index (χ1v) is 8.09. The first-order chi connectivity index (χ1) is 9.63. The van der Waals surface area contributed by atoms with E-state index in [1.165, 1.54) is 32.1 Å². The molecule has 0 aliphatic heterocycles. The number of hydrogen-bond donors (Lipinski definition) is 1. The van der Waals surface area contributed by atoms with E-state index < -0.39 is 0 Å². The molecule has 112 valence electrons. The van der Waals surface area contributed by atoms with Gasteiger partial charge in [-0.15, -0.1) is 0 Å². The van der Waals surface area contributed by atoms with Gasteiger partial charge in [0.25, 0.3) is 0 Å². The summed E-state index contributed by atoms with van der Waals surface area (Å²) in [4.78, 5) is 0. The Labute approximate surface area is 127 Å². The number of ether oxygens (including phenoxy) is 1. The predicted molar refractivity (Wildman–Crippen MR) is 85.4 cm³/mol. The monoisotopic (exact) mass is 295 g/mol. The zero-order valence-electron chi connectivity index (χ0n) is 12.6. The fourth-order valence-electron chi connectivity index (χ4n) is 3.35. The van der Waals surface area contributed by atoms with Crippen LogP contribution in [0.3, 0.4) is 0 Å². The molecule has 3 heteroatoms. The van der Waals surface area contributed by atoms with Crippen LogP contribution in [-0.4, -0.2) is 13.2 Å². The maximum Gasteiger partial charge on any atom is 0.122 e. The minimum Gasteiger partial charge on any atom is -0.496 e. The Morgan fingerprint density at radius 2 is 2.00 bits per heavy atom. The highest BCUT2D eigenvalue weighted by atomic mass is 35.5. The lowest BCUT2D eigenvalue weighted by Gasteiger charge is -2.32. The van der Waals surface area contributed by atoms with Crippen LogP contribution in [0.1, 0.15) is 44.6 Å². The highest BCUT2D eigenvalue weighted by molar-refractivity contribution is 6.30. The van der Waals surface area contributed by atoms with Crippen molar-refractivity contribution in [1.82, 2.24) is 0 Å². The second kappa shape index (κ2) is 7.33. The van der Waals surface area contributed by atoms with Gasteiger partial charge in [-0.25, -0.2) is 0 Å². The second-order valence-corrected chi connectivity index (χ2v) is 6.45. The minimum atomic E-state index is 0.208. The molecule has 0 radical (unpaired) electrons. The van der Waals surface area contributed by atoms with Crippen LogP contribution in [-0.2, 0) is 6.42 Å². The maximum atomic E-state index is 6.44. The average Bonchev–Trinajstić information content (AvgIpc) is 2.47. The van der Waals surface area contributed by atoms with E-state index in [4.69, 9.17) is 22.1 Å². The van der Waals surface area contributed by atoms with E-state index in [1.807, 2.05) is 18.2 Å². The van der Waals surface area contributed by atoms with Crippen LogP contribution in [0.5, 0.6) is 5.75 Å². The van der Waals surface area contributed by atoms with Crippen LogP contribution in [0.2, 0.25) is 5.02 Å². The Morgan fingerprint density at radius 1 is 1.30 bits per heavy atom. The van der Waals surface area contributed by atoms with Gasteiger partial charge in [0, 0.05) is 11.1 Å². The molecule has 2 N–H and O–H groups in total. The topological polar surface area (TPSA) is 35.2 Å². The van der Waals surface area contributed by atoms with E-state index in [1.54, 1.807) is 7.11 Å². The van der Waals surface area contributed by atoms with Crippen molar-refractivity contribution in [3.63, 3.8) is 0 Å². The predicted octanol–water partition coefficient (Wildman–Crippen LogP) is 4.43. The summed E-state index contributed by atoms with van der Waals surface area (Å²) >= 11 is 6.08. The standard InChI is InChI=1S/C17H26ClNO/c1-3-12-4-6-13(7-5-12)16(19)11-14-10-15(18)8-9-17(14)20-2/h8-10,12-13,16H,3-7,11,19H2,1-2H3. The zero-order valence-corrected chi connectivity index (χ0v) is 13.3. The summed E-state index contributed by atoms with van der Waals surface area (Å²) in [6.07, 6.45) is 7.36. The van der Waals surface area contributed by atoms with E-state index >= 15 is 0 Å². The first kappa shape index (κ1) is 15.7. The molecular weight excluding hydrogens is 270 g/mol. The summed E-state index contributed by atoms with van der Waals surface area (Å²) in [7, 11) is 1.70. The van der Waals surface area contributed by atoms with Crippen molar-refractivity contribution in [2.45, 2.75) is 51.5 Å². The molecule has 0 saturated heterocycles. The summed E-state index contributed by atoms with van der Waals surface area (Å²) in [6.45, 7) is 2.29. The average molecular weight is 296 g/mol. The molecule has 20 heavy (non-hydrogen) atoms. The second-order valence-electron chi connectivity index (χ2n) is 6.01. The molecule has 1 aliphatic rings. The van der Waals surface area contributed by atoms with Gasteiger partial charge in [0.05, 0.1) is 7.11 Å². The van der Waals surface area contributed by atoms with Gasteiger partial charge in [0.15, 0.2) is 0 Å². The molecule has 0 amide bonds. The van der Waals surface area contributed by atoms with Gasteiger partial charge in [0.2, 0.25) is 0 Å². The smallest absolute Gasteiger partial charge is 0.122 e. The molecule has 2 rings (SSSR count). The number of methoxy groups -OCH3 is 1. The largest absolute Gasteiger partial charge is 0.496 e. The number of nitrogens with two attached hydrogens (primary N) is 1. The van der Waals surface area contributed by atoms with Crippen molar-refractivity contribution in [3.05, 3.63) is 28.8 Å². The molecule has 0 bridgehead atoms. The molecular formula is C17H26ClNO. The molecule has 0 spiro atoms. The first-order valence-electron chi connectivity index (χ1n) is 7.72. The molecule has 1 fully saturated rings. The Kier molecular flexibility index (Phi) is 5.74. The van der Waals surface area contributed by atoms with Gasteiger partial charge in [-0.3, -0.25) is 0 Å². The Morgan fingerprint density at radius 3 is 2.60 bits per heavy atom. The number of hydrogen-bond acceptors (Lipinski definition) is 2. The van der Waals surface area contributed by atoms with Crippen molar-refractivity contribution >= 4 is 11.6 Å². The van der Waals surface area contributed by atoms with Gasteiger partial charge < -0.3 is 10.5 Å². The molecule has 0 heterocycles. The molecule has 2 nitrogen and oxygen atoms in total. The highest BCUT2D eigenvalue weighted by Crippen LogP contribution is 2.34. The lowest BCUT2D eigenvalue weighted by Crippen LogP contribution is -2.35. The lowest BCUT2D eigenvalue weighted by atomic mass is 9.76. The van der Waals surface area contributed by atoms with E-state index in [9.17, 15) is 0 Å². The van der Waals surface area contributed by atoms with Gasteiger partial charge in [-0.2, -0.15) is 0 Å². The fourth-order valence-corrected chi connectivity index (χ4v) is 3.55. The third kappa shape index (κ3) is 3.89. The van der Waals surface area contributed by atoms with Crippen LogP contribution in [0.15, 0.2) is 18.2 Å². The van der Waals surface area contributed by atoms with Crippen molar-refractivity contribution in [2.24, 2.45) is 17.6 Å². The van der Waals surface area contributed by atoms with E-state index in [0.29, 0.717) is 5.92 Å². The van der Waals surface area contributed by atoms with Crippen molar-refractivity contribution in [1.29, 1.82) is 0 Å². The molecule has 1 aromatic rings. The SMILES string of the molecule is CCC1CCC(C(N)Cc2cc(Cl)ccc2OC)CC1. The van der Waals surface area contributed by atoms with Crippen LogP contribution in [0, 0.1) is 11.8 Å². The van der Waals surface area contributed by atoms with E-state index in [-0.39, 0.29) is 6.04 Å². The van der Waals surface area contributed by atoms with Crippen molar-refractivity contribution in [2.75, 3.05) is 7.11 Å². The van der Waals surface area contributed by atoms with Gasteiger partial charge in [-0.05, 0) is 54.9 Å². The summed E-state index contributed by atoms with van der Waals surface area (Å²) in [5, 5.41) is 0.752. The Bertz CT molecular complexity index is 427.